The highest BCUT2D eigenvalue weighted by atomic mass is 16.2. The smallest absolute Gasteiger partial charge is 0.244 e. The Morgan fingerprint density at radius 2 is 2.35 bits per heavy atom. The molecule has 8 heteroatoms. The molecule has 0 N–H and O–H groups in total. The van der Waals surface area contributed by atoms with Gasteiger partial charge >= 0.3 is 0 Å². The lowest BCUT2D eigenvalue weighted by atomic mass is 10.3. The molecule has 1 amide bonds. The van der Waals surface area contributed by atoms with Crippen LogP contribution in [0.2, 0.25) is 0 Å². The number of carbonyl (C=O) groups is 1. The van der Waals surface area contributed by atoms with E-state index >= 15 is 0 Å². The van der Waals surface area contributed by atoms with E-state index in [4.69, 9.17) is 0 Å². The summed E-state index contributed by atoms with van der Waals surface area (Å²) in [7, 11) is 3.58. The van der Waals surface area contributed by atoms with Gasteiger partial charge in [0, 0.05) is 32.4 Å². The Morgan fingerprint density at radius 3 is 2.94 bits per heavy atom. The first-order chi connectivity index (χ1) is 8.15. The fourth-order valence-corrected chi connectivity index (χ4v) is 1.43. The number of hydrogen-bond acceptors (Lipinski definition) is 5. The number of nitrogens with zero attached hydrogens (tertiary/aromatic N) is 7. The minimum Gasteiger partial charge on any atom is -0.340 e. The van der Waals surface area contributed by atoms with Crippen LogP contribution in [0.25, 0.3) is 0 Å². The van der Waals surface area contributed by atoms with Gasteiger partial charge in [-0.2, -0.15) is 5.10 Å². The maximum Gasteiger partial charge on any atom is 0.244 e. The lowest BCUT2D eigenvalue weighted by molar-refractivity contribution is -0.131. The summed E-state index contributed by atoms with van der Waals surface area (Å²) in [5.41, 5.74) is 0.986. The first kappa shape index (κ1) is 11.2. The molecular weight excluding hydrogens is 222 g/mol. The fraction of sp³-hybridized carbons (Fsp3) is 0.444. The molecule has 0 aliphatic rings. The van der Waals surface area contributed by atoms with Gasteiger partial charge in [-0.15, -0.1) is 5.10 Å². The van der Waals surface area contributed by atoms with Crippen LogP contribution >= 0.6 is 0 Å². The first-order valence-corrected chi connectivity index (χ1v) is 5.07. The fourth-order valence-electron chi connectivity index (χ4n) is 1.43. The van der Waals surface area contributed by atoms with Gasteiger partial charge in [0.25, 0.3) is 0 Å². The molecular formula is C9H13N7O. The molecule has 2 rings (SSSR count). The van der Waals surface area contributed by atoms with Gasteiger partial charge in [-0.05, 0) is 10.4 Å². The number of amides is 1. The molecule has 0 aliphatic carbocycles. The summed E-state index contributed by atoms with van der Waals surface area (Å²) in [5.74, 6) is -0.0545. The van der Waals surface area contributed by atoms with E-state index in [1.54, 1.807) is 22.8 Å². The predicted octanol–water partition coefficient (Wildman–Crippen LogP) is -0.935. The average molecular weight is 235 g/mol. The summed E-state index contributed by atoms with van der Waals surface area (Å²) >= 11 is 0. The molecule has 0 fully saturated rings. The predicted molar refractivity (Wildman–Crippen MR) is 57.5 cm³/mol. The molecule has 0 aliphatic heterocycles. The molecule has 0 bridgehead atoms. The van der Waals surface area contributed by atoms with Crippen molar-refractivity contribution >= 4 is 5.91 Å². The van der Waals surface area contributed by atoms with Crippen LogP contribution in [-0.2, 0) is 24.9 Å². The average Bonchev–Trinajstić information content (AvgIpc) is 2.90. The monoisotopic (exact) mass is 235 g/mol. The summed E-state index contributed by atoms with van der Waals surface area (Å²) in [6, 6.07) is 0. The van der Waals surface area contributed by atoms with Gasteiger partial charge in [0.2, 0.25) is 5.91 Å². The largest absolute Gasteiger partial charge is 0.340 e. The van der Waals surface area contributed by atoms with Gasteiger partial charge in [-0.25, -0.2) is 4.68 Å². The van der Waals surface area contributed by atoms with Crippen molar-refractivity contribution in [2.75, 3.05) is 7.05 Å². The Hall–Kier alpha value is -2.25. The third-order valence-corrected chi connectivity index (χ3v) is 2.29. The maximum absolute atomic E-state index is 11.8. The normalized spacial score (nSPS) is 10.5. The van der Waals surface area contributed by atoms with Crippen molar-refractivity contribution in [3.8, 4) is 0 Å². The Bertz CT molecular complexity index is 489. The molecule has 2 heterocycles. The van der Waals surface area contributed by atoms with Crippen molar-refractivity contribution in [1.82, 2.24) is 34.9 Å². The standard InChI is InChI=1S/C9H13N7O/c1-14(4-8-3-11-15(2)5-8)9(17)6-16-7-10-12-13-16/h3,5,7H,4,6H2,1-2H3. The van der Waals surface area contributed by atoms with Crippen LogP contribution in [0.3, 0.4) is 0 Å². The van der Waals surface area contributed by atoms with Gasteiger partial charge in [-0.3, -0.25) is 9.48 Å². The van der Waals surface area contributed by atoms with Gasteiger partial charge in [0.1, 0.15) is 12.9 Å². The van der Waals surface area contributed by atoms with E-state index in [-0.39, 0.29) is 12.5 Å². The van der Waals surface area contributed by atoms with E-state index < -0.39 is 0 Å². The van der Waals surface area contributed by atoms with Crippen LogP contribution in [0.5, 0.6) is 0 Å². The molecule has 0 radical (unpaired) electrons. The van der Waals surface area contributed by atoms with Gasteiger partial charge < -0.3 is 4.90 Å². The topological polar surface area (TPSA) is 81.7 Å². The number of likely N-dealkylation sites (N-methyl/N-ethyl adjacent to an activating group) is 1. The Labute approximate surface area is 97.8 Å². The van der Waals surface area contributed by atoms with Crippen molar-refractivity contribution in [3.05, 3.63) is 24.3 Å². The van der Waals surface area contributed by atoms with E-state index in [0.29, 0.717) is 6.54 Å². The lowest BCUT2D eigenvalue weighted by Gasteiger charge is -2.15. The van der Waals surface area contributed by atoms with E-state index in [2.05, 4.69) is 20.6 Å². The number of rotatable bonds is 4. The van der Waals surface area contributed by atoms with Crippen LogP contribution in [0.1, 0.15) is 5.56 Å². The zero-order valence-corrected chi connectivity index (χ0v) is 9.69. The summed E-state index contributed by atoms with van der Waals surface area (Å²) in [6.45, 7) is 0.665. The molecule has 17 heavy (non-hydrogen) atoms. The molecule has 0 spiro atoms. The third-order valence-electron chi connectivity index (χ3n) is 2.29. The van der Waals surface area contributed by atoms with Crippen molar-refractivity contribution in [1.29, 1.82) is 0 Å². The molecule has 0 saturated carbocycles. The number of aromatic nitrogens is 6. The molecule has 0 unspecified atom stereocenters. The third kappa shape index (κ3) is 2.86. The van der Waals surface area contributed by atoms with Crippen molar-refractivity contribution < 1.29 is 4.79 Å². The number of tetrazole rings is 1. The van der Waals surface area contributed by atoms with Crippen LogP contribution in [0.15, 0.2) is 18.7 Å². The lowest BCUT2D eigenvalue weighted by Crippen LogP contribution is -2.29. The number of hydrogen-bond donors (Lipinski definition) is 0. The van der Waals surface area contributed by atoms with Crippen molar-refractivity contribution in [2.24, 2.45) is 7.05 Å². The number of carbonyl (C=O) groups excluding carboxylic acids is 1. The second kappa shape index (κ2) is 4.73. The summed E-state index contributed by atoms with van der Waals surface area (Å²) in [4.78, 5) is 13.4. The van der Waals surface area contributed by atoms with Crippen molar-refractivity contribution in [3.63, 3.8) is 0 Å². The van der Waals surface area contributed by atoms with Gasteiger partial charge in [0.15, 0.2) is 0 Å². The molecule has 90 valence electrons. The Morgan fingerprint density at radius 1 is 1.53 bits per heavy atom. The van der Waals surface area contributed by atoms with E-state index in [0.717, 1.165) is 5.56 Å². The van der Waals surface area contributed by atoms with Crippen LogP contribution < -0.4 is 0 Å². The van der Waals surface area contributed by atoms with Gasteiger partial charge in [0.05, 0.1) is 6.20 Å². The molecule has 2 aromatic heterocycles. The highest BCUT2D eigenvalue weighted by Gasteiger charge is 2.11. The second-order valence-electron chi connectivity index (χ2n) is 3.78. The minimum absolute atomic E-state index is 0.0545. The molecule has 0 aromatic carbocycles. The second-order valence-corrected chi connectivity index (χ2v) is 3.78. The van der Waals surface area contributed by atoms with Crippen LogP contribution in [-0.4, -0.2) is 47.8 Å². The van der Waals surface area contributed by atoms with Crippen LogP contribution in [0.4, 0.5) is 0 Å². The van der Waals surface area contributed by atoms with E-state index in [1.807, 2.05) is 13.2 Å². The SMILES string of the molecule is CN(Cc1cnn(C)c1)C(=O)Cn1cnnn1. The van der Waals surface area contributed by atoms with E-state index in [1.165, 1.54) is 11.0 Å². The first-order valence-electron chi connectivity index (χ1n) is 5.07. The van der Waals surface area contributed by atoms with Gasteiger partial charge in [-0.1, -0.05) is 0 Å². The minimum atomic E-state index is -0.0545. The molecule has 0 atom stereocenters. The maximum atomic E-state index is 11.8. The number of aryl methyl sites for hydroxylation is 1. The zero-order valence-electron chi connectivity index (χ0n) is 9.69. The Balaban J connectivity index is 1.91. The zero-order chi connectivity index (χ0) is 12.3. The highest BCUT2D eigenvalue weighted by Crippen LogP contribution is 2.01. The molecule has 2 aromatic rings. The molecule has 8 nitrogen and oxygen atoms in total. The van der Waals surface area contributed by atoms with Crippen LogP contribution in [0, 0.1) is 0 Å². The summed E-state index contributed by atoms with van der Waals surface area (Å²) in [5, 5.41) is 14.6. The quantitative estimate of drug-likeness (QED) is 0.683. The Kier molecular flexibility index (Phi) is 3.12. The van der Waals surface area contributed by atoms with E-state index in [9.17, 15) is 4.79 Å². The summed E-state index contributed by atoms with van der Waals surface area (Å²) in [6.07, 6.45) is 5.03. The molecule has 0 saturated heterocycles. The summed E-state index contributed by atoms with van der Waals surface area (Å²) < 4.78 is 3.09. The van der Waals surface area contributed by atoms with Crippen molar-refractivity contribution in [2.45, 2.75) is 13.1 Å². The highest BCUT2D eigenvalue weighted by molar-refractivity contribution is 5.75.